The number of rotatable bonds is 11. The quantitative estimate of drug-likeness (QED) is 0.107. The van der Waals surface area contributed by atoms with Crippen molar-refractivity contribution < 1.29 is 9.59 Å². The van der Waals surface area contributed by atoms with Crippen LogP contribution in [0.3, 0.4) is 0 Å². The van der Waals surface area contributed by atoms with E-state index in [1.165, 1.54) is 20.8 Å². The Balaban J connectivity index is 1.27. The van der Waals surface area contributed by atoms with E-state index >= 15 is 0 Å². The number of carbonyl (C=O) groups excluding carboxylic acids is 2. The predicted octanol–water partition coefficient (Wildman–Crippen LogP) is 7.07. The third kappa shape index (κ3) is 4.77. The van der Waals surface area contributed by atoms with E-state index in [4.69, 9.17) is 0 Å². The summed E-state index contributed by atoms with van der Waals surface area (Å²) in [7, 11) is 0. The molecule has 4 aromatic carbocycles. The van der Waals surface area contributed by atoms with Gasteiger partial charge in [-0.2, -0.15) is 0 Å². The van der Waals surface area contributed by atoms with Gasteiger partial charge in [-0.1, -0.05) is 0 Å². The molecule has 0 saturated heterocycles. The molecule has 0 bridgehead atoms. The molecular formula is C33H33BrNO2P. The molecule has 0 aromatic heterocycles. The minimum absolute atomic E-state index is 0.157. The molecule has 1 aliphatic rings. The SMILES string of the molecule is O=C1c2ccccc2C(=O)N1CCCCCCCP(Br)(c1ccccc1)(c1ccccc1)c1ccccc1. The molecule has 1 heterocycles. The summed E-state index contributed by atoms with van der Waals surface area (Å²) in [5.74, 6) is -0.313. The fraction of sp³-hybridized carbons (Fsp3) is 0.212. The van der Waals surface area contributed by atoms with Gasteiger partial charge < -0.3 is 0 Å². The molecule has 0 spiro atoms. The first-order chi connectivity index (χ1) is 18.5. The van der Waals surface area contributed by atoms with Crippen molar-refractivity contribution in [3.63, 3.8) is 0 Å². The molecule has 5 rings (SSSR count). The Hall–Kier alpha value is -3.07. The van der Waals surface area contributed by atoms with E-state index in [0.717, 1.165) is 38.3 Å². The second-order valence-electron chi connectivity index (χ2n) is 9.99. The zero-order valence-electron chi connectivity index (χ0n) is 21.5. The van der Waals surface area contributed by atoms with Crippen molar-refractivity contribution in [1.29, 1.82) is 0 Å². The summed E-state index contributed by atoms with van der Waals surface area (Å²) in [5.41, 5.74) is 1.06. The molecule has 0 aliphatic carbocycles. The molecule has 0 radical (unpaired) electrons. The van der Waals surface area contributed by atoms with Crippen LogP contribution in [0.2, 0.25) is 0 Å². The van der Waals surface area contributed by atoms with Crippen LogP contribution in [-0.4, -0.2) is 29.4 Å². The van der Waals surface area contributed by atoms with Crippen molar-refractivity contribution >= 4 is 48.5 Å². The van der Waals surface area contributed by atoms with Gasteiger partial charge in [0.1, 0.15) is 0 Å². The molecular weight excluding hydrogens is 553 g/mol. The van der Waals surface area contributed by atoms with E-state index in [-0.39, 0.29) is 11.8 Å². The fourth-order valence-corrected chi connectivity index (χ4v) is 13.5. The number of amides is 2. The van der Waals surface area contributed by atoms with E-state index in [1.54, 1.807) is 12.1 Å². The van der Waals surface area contributed by atoms with E-state index in [2.05, 4.69) is 106 Å². The van der Waals surface area contributed by atoms with Gasteiger partial charge in [0.05, 0.1) is 0 Å². The first-order valence-electron chi connectivity index (χ1n) is 13.4. The fourth-order valence-electron chi connectivity index (χ4n) is 5.70. The number of hydrogen-bond acceptors (Lipinski definition) is 2. The normalized spacial score (nSPS) is 14.2. The summed E-state index contributed by atoms with van der Waals surface area (Å²) < 4.78 is 0. The molecule has 3 nitrogen and oxygen atoms in total. The molecule has 0 N–H and O–H groups in total. The molecule has 5 heteroatoms. The standard InChI is InChI=1S/C33H33BrNO2P/c34-38(27-17-7-4-8-18-27,28-19-9-5-10-20-28,29-21-11-6-12-22-29)26-16-3-1-2-15-25-35-32(36)30-23-13-14-24-31(30)33(35)37/h4-14,17-24H,1-3,15-16,25-26H2. The number of carbonyl (C=O) groups is 2. The number of halogens is 1. The summed E-state index contributed by atoms with van der Waals surface area (Å²) >= 11 is 4.52. The first kappa shape index (κ1) is 26.5. The van der Waals surface area contributed by atoms with E-state index in [0.29, 0.717) is 17.7 Å². The van der Waals surface area contributed by atoms with Crippen molar-refractivity contribution in [2.75, 3.05) is 12.7 Å². The molecule has 38 heavy (non-hydrogen) atoms. The Morgan fingerprint density at radius 1 is 0.500 bits per heavy atom. The van der Waals surface area contributed by atoms with Gasteiger partial charge >= 0.3 is 234 Å². The topological polar surface area (TPSA) is 37.4 Å². The van der Waals surface area contributed by atoms with E-state index < -0.39 is 5.31 Å². The van der Waals surface area contributed by atoms with Crippen LogP contribution in [0.4, 0.5) is 0 Å². The van der Waals surface area contributed by atoms with Gasteiger partial charge in [0, 0.05) is 0 Å². The second kappa shape index (κ2) is 11.4. The number of imide groups is 1. The van der Waals surface area contributed by atoms with Crippen molar-refractivity contribution in [1.82, 2.24) is 4.90 Å². The number of fused-ring (bicyclic) bond motifs is 1. The Morgan fingerprint density at radius 3 is 1.32 bits per heavy atom. The Labute approximate surface area is 233 Å². The third-order valence-electron chi connectivity index (χ3n) is 7.72. The van der Waals surface area contributed by atoms with Gasteiger partial charge in [-0.05, 0) is 0 Å². The zero-order chi connectivity index (χ0) is 26.5. The molecule has 194 valence electrons. The summed E-state index contributed by atoms with van der Waals surface area (Å²) in [4.78, 5) is 26.7. The average molecular weight is 587 g/mol. The minimum atomic E-state index is -2.87. The van der Waals surface area contributed by atoms with Gasteiger partial charge in [0.2, 0.25) is 0 Å². The number of hydrogen-bond donors (Lipinski definition) is 0. The van der Waals surface area contributed by atoms with Gasteiger partial charge in [0.15, 0.2) is 0 Å². The molecule has 0 saturated carbocycles. The van der Waals surface area contributed by atoms with Crippen LogP contribution >= 0.6 is 20.8 Å². The molecule has 0 fully saturated rings. The van der Waals surface area contributed by atoms with Crippen LogP contribution in [0.5, 0.6) is 0 Å². The van der Waals surface area contributed by atoms with Gasteiger partial charge in [-0.3, -0.25) is 0 Å². The summed E-state index contributed by atoms with van der Waals surface area (Å²) in [6.45, 7) is 0.488. The number of unbranched alkanes of at least 4 members (excludes halogenated alkanes) is 4. The van der Waals surface area contributed by atoms with Crippen LogP contribution in [0.1, 0.15) is 52.8 Å². The average Bonchev–Trinajstić information content (AvgIpc) is 3.23. The first-order valence-corrected chi connectivity index (χ1v) is 17.8. The van der Waals surface area contributed by atoms with Crippen LogP contribution in [0, 0.1) is 0 Å². The summed E-state index contributed by atoms with van der Waals surface area (Å²) in [6, 6.07) is 39.9. The van der Waals surface area contributed by atoms with Gasteiger partial charge in [0.25, 0.3) is 0 Å². The molecule has 0 atom stereocenters. The van der Waals surface area contributed by atoms with Crippen molar-refractivity contribution in [3.8, 4) is 0 Å². The third-order valence-corrected chi connectivity index (χ3v) is 17.8. The second-order valence-corrected chi connectivity index (χ2v) is 19.0. The summed E-state index contributed by atoms with van der Waals surface area (Å²) in [5, 5.41) is 1.18. The maximum atomic E-state index is 12.6. The van der Waals surface area contributed by atoms with E-state index in [9.17, 15) is 9.59 Å². The van der Waals surface area contributed by atoms with Crippen molar-refractivity contribution in [2.45, 2.75) is 32.1 Å². The van der Waals surface area contributed by atoms with Crippen LogP contribution in [0.15, 0.2) is 115 Å². The van der Waals surface area contributed by atoms with Crippen LogP contribution in [-0.2, 0) is 0 Å². The molecule has 0 unspecified atom stereocenters. The van der Waals surface area contributed by atoms with Crippen molar-refractivity contribution in [2.24, 2.45) is 0 Å². The van der Waals surface area contributed by atoms with E-state index in [1.807, 2.05) is 12.1 Å². The number of nitrogens with zero attached hydrogens (tertiary/aromatic N) is 1. The van der Waals surface area contributed by atoms with Gasteiger partial charge in [-0.25, -0.2) is 0 Å². The monoisotopic (exact) mass is 585 g/mol. The van der Waals surface area contributed by atoms with Crippen molar-refractivity contribution in [3.05, 3.63) is 126 Å². The Bertz CT molecular complexity index is 1270. The van der Waals surface area contributed by atoms with Gasteiger partial charge in [-0.15, -0.1) is 0 Å². The maximum absolute atomic E-state index is 12.6. The Morgan fingerprint density at radius 2 is 0.868 bits per heavy atom. The molecule has 4 aromatic rings. The molecule has 1 aliphatic heterocycles. The Kier molecular flexibility index (Phi) is 7.93. The summed E-state index contributed by atoms with van der Waals surface area (Å²) in [6.07, 6.45) is 6.10. The predicted molar refractivity (Wildman–Crippen MR) is 164 cm³/mol. The zero-order valence-corrected chi connectivity index (χ0v) is 24.0. The van der Waals surface area contributed by atoms with Crippen LogP contribution < -0.4 is 15.9 Å². The molecule has 2 amide bonds. The van der Waals surface area contributed by atoms with Crippen LogP contribution in [0.25, 0.3) is 0 Å². The number of benzene rings is 4.